The van der Waals surface area contributed by atoms with Gasteiger partial charge in [0.25, 0.3) is 5.91 Å². The van der Waals surface area contributed by atoms with Crippen LogP contribution in [-0.4, -0.2) is 12.0 Å². The summed E-state index contributed by atoms with van der Waals surface area (Å²) in [6.07, 6.45) is -5.59. The van der Waals surface area contributed by atoms with Gasteiger partial charge in [-0.05, 0) is 37.3 Å². The Kier molecular flexibility index (Phi) is 5.15. The van der Waals surface area contributed by atoms with Crippen molar-refractivity contribution in [2.75, 3.05) is 5.32 Å². The highest BCUT2D eigenvalue weighted by Crippen LogP contribution is 2.36. The zero-order valence-electron chi connectivity index (χ0n) is 12.0. The molecule has 2 aromatic rings. The molecule has 0 unspecified atom stereocenters. The van der Waals surface area contributed by atoms with E-state index in [2.05, 4.69) is 5.32 Å². The van der Waals surface area contributed by atoms with E-state index < -0.39 is 23.8 Å². The van der Waals surface area contributed by atoms with E-state index in [0.717, 1.165) is 12.1 Å². The van der Waals surface area contributed by atoms with Crippen LogP contribution in [0.15, 0.2) is 48.5 Å². The predicted molar refractivity (Wildman–Crippen MR) is 81.6 cm³/mol. The van der Waals surface area contributed by atoms with Gasteiger partial charge >= 0.3 is 6.18 Å². The Bertz CT molecular complexity index is 689. The number of ether oxygens (including phenoxy) is 1. The highest BCUT2D eigenvalue weighted by atomic mass is 35.5. The molecule has 7 heteroatoms. The fourth-order valence-electron chi connectivity index (χ4n) is 1.85. The third kappa shape index (κ3) is 4.63. The summed E-state index contributed by atoms with van der Waals surface area (Å²) in [5.41, 5.74) is -1.37. The van der Waals surface area contributed by atoms with Gasteiger partial charge < -0.3 is 10.1 Å². The van der Waals surface area contributed by atoms with Crippen LogP contribution < -0.4 is 10.1 Å². The SMILES string of the molecule is C[C@H](Oc1ccccc1)C(=O)Nc1ccc(Cl)cc1C(F)(F)F. The number of halogens is 4. The molecule has 1 N–H and O–H groups in total. The van der Waals surface area contributed by atoms with E-state index >= 15 is 0 Å². The van der Waals surface area contributed by atoms with Gasteiger partial charge in [0.2, 0.25) is 0 Å². The minimum Gasteiger partial charge on any atom is -0.481 e. The molecule has 122 valence electrons. The standard InChI is InChI=1S/C16H13ClF3NO2/c1-10(23-12-5-3-2-4-6-12)15(22)21-14-8-7-11(17)9-13(14)16(18,19)20/h2-10H,1H3,(H,21,22)/t10-/m0/s1. The Labute approximate surface area is 136 Å². The van der Waals surface area contributed by atoms with Gasteiger partial charge in [-0.2, -0.15) is 13.2 Å². The second-order valence-corrected chi connectivity index (χ2v) is 5.19. The molecule has 0 spiro atoms. The van der Waals surface area contributed by atoms with Gasteiger partial charge in [0, 0.05) is 5.02 Å². The number of hydrogen-bond acceptors (Lipinski definition) is 2. The smallest absolute Gasteiger partial charge is 0.418 e. The zero-order valence-corrected chi connectivity index (χ0v) is 12.8. The molecule has 2 aromatic carbocycles. The lowest BCUT2D eigenvalue weighted by Gasteiger charge is -2.17. The first-order valence-corrected chi connectivity index (χ1v) is 7.04. The molecule has 0 radical (unpaired) electrons. The van der Waals surface area contributed by atoms with Crippen LogP contribution in [0.1, 0.15) is 12.5 Å². The van der Waals surface area contributed by atoms with Gasteiger partial charge in [-0.25, -0.2) is 0 Å². The number of amides is 1. The van der Waals surface area contributed by atoms with E-state index in [4.69, 9.17) is 16.3 Å². The fraction of sp³-hybridized carbons (Fsp3) is 0.188. The molecule has 3 nitrogen and oxygen atoms in total. The van der Waals surface area contributed by atoms with Crippen LogP contribution in [0, 0.1) is 0 Å². The number of nitrogens with one attached hydrogen (secondary N) is 1. The van der Waals surface area contributed by atoms with E-state index in [-0.39, 0.29) is 10.7 Å². The summed E-state index contributed by atoms with van der Waals surface area (Å²) >= 11 is 5.59. The number of rotatable bonds is 4. The van der Waals surface area contributed by atoms with Gasteiger partial charge in [-0.3, -0.25) is 4.79 Å². The highest BCUT2D eigenvalue weighted by molar-refractivity contribution is 6.30. The van der Waals surface area contributed by atoms with E-state index in [1.807, 2.05) is 0 Å². The second kappa shape index (κ2) is 6.91. The molecule has 1 atom stereocenters. The summed E-state index contributed by atoms with van der Waals surface area (Å²) in [6.45, 7) is 1.45. The summed E-state index contributed by atoms with van der Waals surface area (Å²) in [5, 5.41) is 2.16. The van der Waals surface area contributed by atoms with Gasteiger partial charge in [-0.1, -0.05) is 29.8 Å². The van der Waals surface area contributed by atoms with Crippen LogP contribution in [-0.2, 0) is 11.0 Å². The Hall–Kier alpha value is -2.21. The van der Waals surface area contributed by atoms with Crippen molar-refractivity contribution in [1.29, 1.82) is 0 Å². The largest absolute Gasteiger partial charge is 0.481 e. The van der Waals surface area contributed by atoms with Crippen molar-refractivity contribution in [2.24, 2.45) is 0 Å². The number of benzene rings is 2. The Balaban J connectivity index is 2.14. The van der Waals surface area contributed by atoms with Crippen molar-refractivity contribution in [2.45, 2.75) is 19.2 Å². The minimum atomic E-state index is -4.63. The third-order valence-corrected chi connectivity index (χ3v) is 3.21. The molecule has 0 aliphatic heterocycles. The molecule has 0 aliphatic rings. The number of carbonyl (C=O) groups excluding carboxylic acids is 1. The van der Waals surface area contributed by atoms with E-state index in [1.54, 1.807) is 30.3 Å². The molecule has 0 heterocycles. The van der Waals surface area contributed by atoms with Crippen LogP contribution in [0.2, 0.25) is 5.02 Å². The maximum absolute atomic E-state index is 13.0. The molecular weight excluding hydrogens is 331 g/mol. The number of anilines is 1. The minimum absolute atomic E-state index is 0.0658. The summed E-state index contributed by atoms with van der Waals surface area (Å²) in [7, 11) is 0. The van der Waals surface area contributed by atoms with Gasteiger partial charge in [0.15, 0.2) is 6.10 Å². The predicted octanol–water partition coefficient (Wildman–Crippen LogP) is 4.76. The average molecular weight is 344 g/mol. The van der Waals surface area contributed by atoms with E-state index in [9.17, 15) is 18.0 Å². The number of para-hydroxylation sites is 1. The molecule has 23 heavy (non-hydrogen) atoms. The van der Waals surface area contributed by atoms with Crippen molar-refractivity contribution < 1.29 is 22.7 Å². The van der Waals surface area contributed by atoms with Gasteiger partial charge in [0.1, 0.15) is 5.75 Å². The summed E-state index contributed by atoms with van der Waals surface area (Å²) in [5.74, 6) is -0.246. The van der Waals surface area contributed by atoms with Crippen molar-refractivity contribution in [3.8, 4) is 5.75 Å². The quantitative estimate of drug-likeness (QED) is 0.868. The molecule has 0 bridgehead atoms. The lowest BCUT2D eigenvalue weighted by Crippen LogP contribution is -2.31. The van der Waals surface area contributed by atoms with E-state index in [1.165, 1.54) is 13.0 Å². The normalized spacial score (nSPS) is 12.6. The van der Waals surface area contributed by atoms with Crippen molar-refractivity contribution >= 4 is 23.2 Å². The molecule has 2 rings (SSSR count). The van der Waals surface area contributed by atoms with E-state index in [0.29, 0.717) is 5.75 Å². The molecule has 0 aromatic heterocycles. The summed E-state index contributed by atoms with van der Waals surface area (Å²) < 4.78 is 44.3. The van der Waals surface area contributed by atoms with Gasteiger partial charge in [-0.15, -0.1) is 0 Å². The first kappa shape index (κ1) is 17.1. The molecule has 0 aliphatic carbocycles. The summed E-state index contributed by atoms with van der Waals surface area (Å²) in [4.78, 5) is 12.0. The van der Waals surface area contributed by atoms with Crippen molar-refractivity contribution in [1.82, 2.24) is 0 Å². The Morgan fingerprint density at radius 3 is 2.43 bits per heavy atom. The average Bonchev–Trinajstić information content (AvgIpc) is 2.49. The summed E-state index contributed by atoms with van der Waals surface area (Å²) in [6, 6.07) is 11.7. The zero-order chi connectivity index (χ0) is 17.0. The third-order valence-electron chi connectivity index (χ3n) is 2.97. The molecule has 0 saturated carbocycles. The van der Waals surface area contributed by atoms with Gasteiger partial charge in [0.05, 0.1) is 11.3 Å². The lowest BCUT2D eigenvalue weighted by molar-refractivity contribution is -0.137. The van der Waals surface area contributed by atoms with Crippen LogP contribution in [0.5, 0.6) is 5.75 Å². The monoisotopic (exact) mass is 343 g/mol. The maximum atomic E-state index is 13.0. The fourth-order valence-corrected chi connectivity index (χ4v) is 2.02. The van der Waals surface area contributed by atoms with Crippen LogP contribution in [0.3, 0.4) is 0 Å². The first-order valence-electron chi connectivity index (χ1n) is 6.66. The topological polar surface area (TPSA) is 38.3 Å². The second-order valence-electron chi connectivity index (χ2n) is 4.75. The lowest BCUT2D eigenvalue weighted by atomic mass is 10.1. The van der Waals surface area contributed by atoms with Crippen LogP contribution >= 0.6 is 11.6 Å². The molecule has 0 fully saturated rings. The van der Waals surface area contributed by atoms with Crippen LogP contribution in [0.4, 0.5) is 18.9 Å². The van der Waals surface area contributed by atoms with Crippen LogP contribution in [0.25, 0.3) is 0 Å². The molecule has 1 amide bonds. The number of carbonyl (C=O) groups is 1. The van der Waals surface area contributed by atoms with Crippen molar-refractivity contribution in [3.05, 3.63) is 59.1 Å². The number of hydrogen-bond donors (Lipinski definition) is 1. The Morgan fingerprint density at radius 1 is 1.17 bits per heavy atom. The first-order chi connectivity index (χ1) is 10.8. The molecule has 0 saturated heterocycles. The Morgan fingerprint density at radius 2 is 1.83 bits per heavy atom. The highest BCUT2D eigenvalue weighted by Gasteiger charge is 2.34. The number of alkyl halides is 3. The molecular formula is C16H13ClF3NO2. The maximum Gasteiger partial charge on any atom is 0.418 e. The van der Waals surface area contributed by atoms with Crippen molar-refractivity contribution in [3.63, 3.8) is 0 Å².